The Labute approximate surface area is 96.7 Å². The van der Waals surface area contributed by atoms with Crippen LogP contribution in [-0.2, 0) is 0 Å². The fourth-order valence-corrected chi connectivity index (χ4v) is 1.51. The molecule has 1 heterocycles. The predicted octanol–water partition coefficient (Wildman–Crippen LogP) is 1.70. The Morgan fingerprint density at radius 1 is 1.40 bits per heavy atom. The van der Waals surface area contributed by atoms with Gasteiger partial charge in [0, 0.05) is 5.56 Å². The maximum atomic E-state index is 9.62. The number of aliphatic hydroxyl groups is 2. The van der Waals surface area contributed by atoms with Crippen molar-refractivity contribution in [1.82, 2.24) is 4.98 Å². The zero-order valence-corrected chi connectivity index (χ0v) is 9.07. The molecule has 0 amide bonds. The lowest BCUT2D eigenvalue weighted by atomic mass is 10.0. The SMILES string of the molecule is N#CCC(O)C(O)c1ccc(Cl)nc1Cl. The predicted molar refractivity (Wildman–Crippen MR) is 55.5 cm³/mol. The normalized spacial score (nSPS) is 14.3. The lowest BCUT2D eigenvalue weighted by Gasteiger charge is -2.16. The summed E-state index contributed by atoms with van der Waals surface area (Å²) in [7, 11) is 0. The van der Waals surface area contributed by atoms with E-state index >= 15 is 0 Å². The lowest BCUT2D eigenvalue weighted by Crippen LogP contribution is -2.18. The smallest absolute Gasteiger partial charge is 0.136 e. The van der Waals surface area contributed by atoms with Crippen LogP contribution in [0.1, 0.15) is 18.1 Å². The standard InChI is InChI=1S/C9H8Cl2N2O2/c10-7-2-1-5(9(11)13-7)8(15)6(14)3-4-12/h1-2,6,8,14-15H,3H2. The van der Waals surface area contributed by atoms with Crippen molar-refractivity contribution in [3.8, 4) is 6.07 Å². The summed E-state index contributed by atoms with van der Waals surface area (Å²) in [6.45, 7) is 0. The number of aromatic nitrogens is 1. The van der Waals surface area contributed by atoms with Crippen molar-refractivity contribution in [3.63, 3.8) is 0 Å². The van der Waals surface area contributed by atoms with E-state index in [1.807, 2.05) is 0 Å². The molecule has 0 fully saturated rings. The first-order valence-corrected chi connectivity index (χ1v) is 4.87. The molecule has 2 unspecified atom stereocenters. The summed E-state index contributed by atoms with van der Waals surface area (Å²) in [5.74, 6) is 0. The summed E-state index contributed by atoms with van der Waals surface area (Å²) in [5.41, 5.74) is 0.254. The summed E-state index contributed by atoms with van der Waals surface area (Å²) in [6.07, 6.45) is -2.60. The van der Waals surface area contributed by atoms with Gasteiger partial charge in [0.25, 0.3) is 0 Å². The minimum atomic E-state index is -1.23. The molecule has 4 nitrogen and oxygen atoms in total. The van der Waals surface area contributed by atoms with Crippen LogP contribution in [0.4, 0.5) is 0 Å². The zero-order valence-electron chi connectivity index (χ0n) is 7.56. The van der Waals surface area contributed by atoms with Crippen LogP contribution in [0.5, 0.6) is 0 Å². The highest BCUT2D eigenvalue weighted by molar-refractivity contribution is 6.32. The number of pyridine rings is 1. The molecule has 0 aliphatic heterocycles. The second kappa shape index (κ2) is 5.29. The Hall–Kier alpha value is -0.860. The highest BCUT2D eigenvalue weighted by Crippen LogP contribution is 2.26. The van der Waals surface area contributed by atoms with Gasteiger partial charge in [-0.05, 0) is 6.07 Å². The molecule has 2 N–H and O–H groups in total. The fraction of sp³-hybridized carbons (Fsp3) is 0.333. The van der Waals surface area contributed by atoms with Gasteiger partial charge in [-0.2, -0.15) is 5.26 Å². The van der Waals surface area contributed by atoms with Crippen molar-refractivity contribution in [3.05, 3.63) is 28.0 Å². The minimum absolute atomic E-state index is 0.0204. The second-order valence-corrected chi connectivity index (χ2v) is 3.63. The average Bonchev–Trinajstić information content (AvgIpc) is 2.17. The van der Waals surface area contributed by atoms with Crippen LogP contribution in [0.3, 0.4) is 0 Å². The van der Waals surface area contributed by atoms with Gasteiger partial charge >= 0.3 is 0 Å². The molecule has 0 radical (unpaired) electrons. The summed E-state index contributed by atoms with van der Waals surface area (Å²) >= 11 is 11.3. The van der Waals surface area contributed by atoms with Gasteiger partial charge < -0.3 is 10.2 Å². The third-order valence-corrected chi connectivity index (χ3v) is 2.34. The largest absolute Gasteiger partial charge is 0.389 e. The maximum absolute atomic E-state index is 9.62. The molecule has 0 spiro atoms. The summed E-state index contributed by atoms with van der Waals surface area (Å²) in [5, 5.41) is 27.6. The van der Waals surface area contributed by atoms with Crippen LogP contribution < -0.4 is 0 Å². The van der Waals surface area contributed by atoms with Crippen LogP contribution in [0, 0.1) is 11.3 Å². The summed E-state index contributed by atoms with van der Waals surface area (Å²) in [4.78, 5) is 3.71. The Morgan fingerprint density at radius 3 is 2.60 bits per heavy atom. The molecular formula is C9H8Cl2N2O2. The van der Waals surface area contributed by atoms with Crippen LogP contribution >= 0.6 is 23.2 Å². The van der Waals surface area contributed by atoms with Gasteiger partial charge in [0.2, 0.25) is 0 Å². The van der Waals surface area contributed by atoms with Gasteiger partial charge in [0.15, 0.2) is 0 Å². The summed E-state index contributed by atoms with van der Waals surface area (Å²) < 4.78 is 0. The van der Waals surface area contributed by atoms with Gasteiger partial charge in [0.05, 0.1) is 18.6 Å². The number of hydrogen-bond donors (Lipinski definition) is 2. The molecule has 1 rings (SSSR count). The number of hydrogen-bond acceptors (Lipinski definition) is 4. The zero-order chi connectivity index (χ0) is 11.4. The molecule has 1 aromatic rings. The van der Waals surface area contributed by atoms with E-state index in [0.717, 1.165) is 0 Å². The van der Waals surface area contributed by atoms with E-state index in [4.69, 9.17) is 28.5 Å². The minimum Gasteiger partial charge on any atom is -0.389 e. The highest BCUT2D eigenvalue weighted by atomic mass is 35.5. The highest BCUT2D eigenvalue weighted by Gasteiger charge is 2.21. The van der Waals surface area contributed by atoms with Gasteiger partial charge in [-0.15, -0.1) is 0 Å². The Balaban J connectivity index is 2.91. The van der Waals surface area contributed by atoms with Gasteiger partial charge in [-0.25, -0.2) is 4.98 Å². The monoisotopic (exact) mass is 246 g/mol. The molecule has 1 aromatic heterocycles. The molecule has 0 aromatic carbocycles. The molecule has 0 aliphatic carbocycles. The third-order valence-electron chi connectivity index (χ3n) is 1.83. The average molecular weight is 247 g/mol. The molecule has 0 saturated carbocycles. The molecule has 6 heteroatoms. The third kappa shape index (κ3) is 3.05. The van der Waals surface area contributed by atoms with Gasteiger partial charge in [0.1, 0.15) is 16.4 Å². The van der Waals surface area contributed by atoms with Crippen LogP contribution in [0.2, 0.25) is 10.3 Å². The molecule has 0 bridgehead atoms. The molecule has 0 aliphatic rings. The van der Waals surface area contributed by atoms with E-state index in [2.05, 4.69) is 4.98 Å². The van der Waals surface area contributed by atoms with Crippen molar-refractivity contribution < 1.29 is 10.2 Å². The first-order chi connectivity index (χ1) is 7.06. The van der Waals surface area contributed by atoms with Crippen LogP contribution in [-0.4, -0.2) is 21.3 Å². The first kappa shape index (κ1) is 12.2. The van der Waals surface area contributed by atoms with Crippen LogP contribution in [0.25, 0.3) is 0 Å². The molecule has 80 valence electrons. The number of nitrogens with zero attached hydrogens (tertiary/aromatic N) is 2. The molecule has 2 atom stereocenters. The van der Waals surface area contributed by atoms with E-state index in [9.17, 15) is 10.2 Å². The van der Waals surface area contributed by atoms with Gasteiger partial charge in [-0.3, -0.25) is 0 Å². The summed E-state index contributed by atoms with van der Waals surface area (Å²) in [6, 6.07) is 4.66. The lowest BCUT2D eigenvalue weighted by molar-refractivity contribution is 0.0215. The van der Waals surface area contributed by atoms with Crippen molar-refractivity contribution >= 4 is 23.2 Å². The van der Waals surface area contributed by atoms with Crippen molar-refractivity contribution in [2.45, 2.75) is 18.6 Å². The van der Waals surface area contributed by atoms with E-state index in [0.29, 0.717) is 0 Å². The fourth-order valence-electron chi connectivity index (χ4n) is 1.06. The van der Waals surface area contributed by atoms with E-state index < -0.39 is 12.2 Å². The Morgan fingerprint density at radius 2 is 2.07 bits per heavy atom. The van der Waals surface area contributed by atoms with E-state index in [1.54, 1.807) is 6.07 Å². The first-order valence-electron chi connectivity index (χ1n) is 4.11. The van der Waals surface area contributed by atoms with Crippen molar-refractivity contribution in [2.24, 2.45) is 0 Å². The maximum Gasteiger partial charge on any atom is 0.136 e. The number of rotatable bonds is 3. The van der Waals surface area contributed by atoms with Gasteiger partial charge in [-0.1, -0.05) is 29.3 Å². The quantitative estimate of drug-likeness (QED) is 0.797. The molecule has 0 saturated heterocycles. The second-order valence-electron chi connectivity index (χ2n) is 2.89. The number of nitriles is 1. The number of halogens is 2. The Kier molecular flexibility index (Phi) is 4.30. The molecular weight excluding hydrogens is 239 g/mol. The van der Waals surface area contributed by atoms with E-state index in [1.165, 1.54) is 12.1 Å². The van der Waals surface area contributed by atoms with Crippen molar-refractivity contribution in [1.29, 1.82) is 5.26 Å². The topological polar surface area (TPSA) is 77.1 Å². The van der Waals surface area contributed by atoms with E-state index in [-0.39, 0.29) is 22.3 Å². The number of aliphatic hydroxyl groups excluding tert-OH is 2. The van der Waals surface area contributed by atoms with Crippen molar-refractivity contribution in [2.75, 3.05) is 0 Å². The Bertz CT molecular complexity index is 392. The molecule has 15 heavy (non-hydrogen) atoms. The van der Waals surface area contributed by atoms with Crippen LogP contribution in [0.15, 0.2) is 12.1 Å².